The second-order valence-corrected chi connectivity index (χ2v) is 6.18. The summed E-state index contributed by atoms with van der Waals surface area (Å²) in [7, 11) is 0. The summed E-state index contributed by atoms with van der Waals surface area (Å²) in [4.78, 5) is 28.3. The number of carbonyl (C=O) groups is 2. The summed E-state index contributed by atoms with van der Waals surface area (Å²) >= 11 is 1.47. The number of aliphatic carboxylic acids is 1. The fourth-order valence-electron chi connectivity index (χ4n) is 1.96. The van der Waals surface area contributed by atoms with E-state index in [2.05, 4.69) is 10.3 Å². The number of aromatic nitrogens is 1. The van der Waals surface area contributed by atoms with Crippen molar-refractivity contribution in [1.29, 1.82) is 0 Å². The Labute approximate surface area is 126 Å². The molecule has 1 atom stereocenters. The maximum absolute atomic E-state index is 12.2. The van der Waals surface area contributed by atoms with Crippen molar-refractivity contribution in [3.05, 3.63) is 45.4 Å². The lowest BCUT2D eigenvalue weighted by atomic mass is 10.0. The van der Waals surface area contributed by atoms with Crippen molar-refractivity contribution in [2.45, 2.75) is 26.7 Å². The molecule has 0 aliphatic heterocycles. The summed E-state index contributed by atoms with van der Waals surface area (Å²) in [6, 6.07) is 6.85. The molecule has 1 amide bonds. The van der Waals surface area contributed by atoms with Crippen molar-refractivity contribution in [2.24, 2.45) is 0 Å². The minimum atomic E-state index is -0.899. The van der Waals surface area contributed by atoms with E-state index in [-0.39, 0.29) is 5.91 Å². The van der Waals surface area contributed by atoms with Gasteiger partial charge in [0.15, 0.2) is 0 Å². The first kappa shape index (κ1) is 15.2. The third-order valence-electron chi connectivity index (χ3n) is 3.13. The maximum atomic E-state index is 12.2. The molecule has 2 N–H and O–H groups in total. The number of anilines is 1. The van der Waals surface area contributed by atoms with Gasteiger partial charge in [-0.25, -0.2) is 4.98 Å². The lowest BCUT2D eigenvalue weighted by Gasteiger charge is -2.09. The number of nitrogens with one attached hydrogen (secondary N) is 1. The molecule has 0 fully saturated rings. The molecule has 21 heavy (non-hydrogen) atoms. The predicted octanol–water partition coefficient (Wildman–Crippen LogP) is 3.20. The Morgan fingerprint density at radius 2 is 2.05 bits per heavy atom. The first-order valence-electron chi connectivity index (χ1n) is 6.46. The number of benzene rings is 1. The first-order valence-corrected chi connectivity index (χ1v) is 7.28. The summed E-state index contributed by atoms with van der Waals surface area (Å²) < 4.78 is 0. The molecular weight excluding hydrogens is 288 g/mol. The Kier molecular flexibility index (Phi) is 4.37. The number of rotatable bonds is 4. The summed E-state index contributed by atoms with van der Waals surface area (Å²) in [6.45, 7) is 5.31. The largest absolute Gasteiger partial charge is 0.481 e. The highest BCUT2D eigenvalue weighted by Gasteiger charge is 2.16. The van der Waals surface area contributed by atoms with Crippen LogP contribution in [0.3, 0.4) is 0 Å². The first-order chi connectivity index (χ1) is 9.88. The second kappa shape index (κ2) is 6.05. The summed E-state index contributed by atoms with van der Waals surface area (Å²) in [5, 5.41) is 12.6. The molecule has 2 aromatic rings. The van der Waals surface area contributed by atoms with E-state index in [1.54, 1.807) is 31.2 Å². The molecule has 0 saturated carbocycles. The molecule has 5 nitrogen and oxygen atoms in total. The molecule has 6 heteroatoms. The van der Waals surface area contributed by atoms with E-state index in [1.165, 1.54) is 11.3 Å². The summed E-state index contributed by atoms with van der Waals surface area (Å²) in [6.07, 6.45) is 0. The Morgan fingerprint density at radius 3 is 2.62 bits per heavy atom. The van der Waals surface area contributed by atoms with E-state index in [4.69, 9.17) is 5.11 Å². The van der Waals surface area contributed by atoms with Gasteiger partial charge in [-0.05, 0) is 38.5 Å². The van der Waals surface area contributed by atoms with E-state index in [1.807, 2.05) is 13.8 Å². The Bertz CT molecular complexity index is 694. The topological polar surface area (TPSA) is 79.3 Å². The zero-order valence-corrected chi connectivity index (χ0v) is 12.8. The summed E-state index contributed by atoms with van der Waals surface area (Å²) in [5.41, 5.74) is 1.62. The van der Waals surface area contributed by atoms with Gasteiger partial charge in [-0.15, -0.1) is 11.3 Å². The highest BCUT2D eigenvalue weighted by Crippen LogP contribution is 2.21. The highest BCUT2D eigenvalue weighted by molar-refractivity contribution is 7.11. The van der Waals surface area contributed by atoms with Crippen molar-refractivity contribution in [2.75, 3.05) is 5.32 Å². The molecule has 110 valence electrons. The van der Waals surface area contributed by atoms with Gasteiger partial charge in [0, 0.05) is 10.6 Å². The monoisotopic (exact) mass is 304 g/mol. The van der Waals surface area contributed by atoms with Crippen LogP contribution in [0.5, 0.6) is 0 Å². The predicted molar refractivity (Wildman–Crippen MR) is 82.0 cm³/mol. The standard InChI is InChI=1S/C15H16N2O3S/c1-8(15(19)20)11-5-4-6-12(7-11)17-14(18)13-9(2)21-10(3)16-13/h4-8H,1-3H3,(H,17,18)(H,19,20). The number of hydrogen-bond acceptors (Lipinski definition) is 4. The van der Waals surface area contributed by atoms with Crippen LogP contribution in [0, 0.1) is 13.8 Å². The maximum Gasteiger partial charge on any atom is 0.310 e. The Morgan fingerprint density at radius 1 is 1.33 bits per heavy atom. The molecule has 1 aromatic carbocycles. The Hall–Kier alpha value is -2.21. The average molecular weight is 304 g/mol. The molecule has 0 radical (unpaired) electrons. The number of hydrogen-bond donors (Lipinski definition) is 2. The van der Waals surface area contributed by atoms with Crippen LogP contribution in [-0.2, 0) is 4.79 Å². The van der Waals surface area contributed by atoms with Crippen LogP contribution < -0.4 is 5.32 Å². The van der Waals surface area contributed by atoms with Gasteiger partial charge >= 0.3 is 5.97 Å². The van der Waals surface area contributed by atoms with Crippen molar-refractivity contribution in [1.82, 2.24) is 4.98 Å². The average Bonchev–Trinajstić information content (AvgIpc) is 2.77. The quantitative estimate of drug-likeness (QED) is 0.909. The van der Waals surface area contributed by atoms with Gasteiger partial charge in [-0.3, -0.25) is 9.59 Å². The normalized spacial score (nSPS) is 12.0. The van der Waals surface area contributed by atoms with E-state index >= 15 is 0 Å². The third-order valence-corrected chi connectivity index (χ3v) is 4.02. The second-order valence-electron chi connectivity index (χ2n) is 4.78. The molecule has 1 heterocycles. The number of thiazole rings is 1. The van der Waals surface area contributed by atoms with Gasteiger partial charge in [0.1, 0.15) is 5.69 Å². The molecule has 0 bridgehead atoms. The third kappa shape index (κ3) is 3.46. The molecule has 0 spiro atoms. The molecule has 0 saturated heterocycles. The van der Waals surface area contributed by atoms with Gasteiger partial charge in [0.05, 0.1) is 10.9 Å². The van der Waals surface area contributed by atoms with Crippen LogP contribution in [0.15, 0.2) is 24.3 Å². The van der Waals surface area contributed by atoms with Crippen LogP contribution in [0.2, 0.25) is 0 Å². The number of carboxylic acid groups (broad SMARTS) is 1. The number of carbonyl (C=O) groups excluding carboxylic acids is 1. The minimum Gasteiger partial charge on any atom is -0.481 e. The van der Waals surface area contributed by atoms with E-state index in [0.717, 1.165) is 9.88 Å². The van der Waals surface area contributed by atoms with Crippen molar-refractivity contribution >= 4 is 28.9 Å². The van der Waals surface area contributed by atoms with E-state index < -0.39 is 11.9 Å². The van der Waals surface area contributed by atoms with Gasteiger partial charge in [-0.1, -0.05) is 12.1 Å². The molecule has 0 aliphatic carbocycles. The fraction of sp³-hybridized carbons (Fsp3) is 0.267. The van der Waals surface area contributed by atoms with E-state index in [0.29, 0.717) is 16.9 Å². The molecular formula is C15H16N2O3S. The number of nitrogens with zero attached hydrogens (tertiary/aromatic N) is 1. The van der Waals surface area contributed by atoms with Gasteiger partial charge in [0.2, 0.25) is 0 Å². The van der Waals surface area contributed by atoms with E-state index in [9.17, 15) is 9.59 Å². The zero-order chi connectivity index (χ0) is 15.6. The SMILES string of the molecule is Cc1nc(C(=O)Nc2cccc(C(C)C(=O)O)c2)c(C)s1. The molecule has 0 aliphatic rings. The molecule has 2 rings (SSSR count). The van der Waals surface area contributed by atoms with Gasteiger partial charge < -0.3 is 10.4 Å². The van der Waals surface area contributed by atoms with Crippen molar-refractivity contribution in [3.8, 4) is 0 Å². The lowest BCUT2D eigenvalue weighted by Crippen LogP contribution is -2.14. The highest BCUT2D eigenvalue weighted by atomic mass is 32.1. The molecule has 1 aromatic heterocycles. The fourth-order valence-corrected chi connectivity index (χ4v) is 2.77. The lowest BCUT2D eigenvalue weighted by molar-refractivity contribution is -0.138. The van der Waals surface area contributed by atoms with Crippen molar-refractivity contribution < 1.29 is 14.7 Å². The number of amides is 1. The van der Waals surface area contributed by atoms with Gasteiger partial charge in [0.25, 0.3) is 5.91 Å². The number of aryl methyl sites for hydroxylation is 2. The smallest absolute Gasteiger partial charge is 0.310 e. The zero-order valence-electron chi connectivity index (χ0n) is 12.0. The van der Waals surface area contributed by atoms with Gasteiger partial charge in [-0.2, -0.15) is 0 Å². The Balaban J connectivity index is 2.20. The van der Waals surface area contributed by atoms with Crippen molar-refractivity contribution in [3.63, 3.8) is 0 Å². The van der Waals surface area contributed by atoms with Crippen LogP contribution in [0.25, 0.3) is 0 Å². The molecule has 1 unspecified atom stereocenters. The minimum absolute atomic E-state index is 0.281. The van der Waals surface area contributed by atoms with Crippen LogP contribution in [0.1, 0.15) is 38.8 Å². The van der Waals surface area contributed by atoms with Crippen LogP contribution in [-0.4, -0.2) is 22.0 Å². The van der Waals surface area contributed by atoms with Crippen LogP contribution in [0.4, 0.5) is 5.69 Å². The summed E-state index contributed by atoms with van der Waals surface area (Å²) in [5.74, 6) is -1.80. The van der Waals surface area contributed by atoms with Crippen LogP contribution >= 0.6 is 11.3 Å². The number of carboxylic acids is 1.